The minimum absolute atomic E-state index is 0.0250. The Morgan fingerprint density at radius 3 is 2.73 bits per heavy atom. The number of amides is 2. The summed E-state index contributed by atoms with van der Waals surface area (Å²) in [5.41, 5.74) is 4.12. The minimum atomic E-state index is -0.360. The van der Waals surface area contributed by atoms with E-state index in [4.69, 9.17) is 23.2 Å². The highest BCUT2D eigenvalue weighted by Gasteiger charge is 2.31. The number of halogens is 2. The van der Waals surface area contributed by atoms with Gasteiger partial charge in [0.15, 0.2) is 0 Å². The first kappa shape index (κ1) is 18.4. The van der Waals surface area contributed by atoms with Crippen molar-refractivity contribution in [3.63, 3.8) is 0 Å². The minimum Gasteiger partial charge on any atom is -0.333 e. The van der Waals surface area contributed by atoms with Gasteiger partial charge in [-0.3, -0.25) is 9.59 Å². The maximum absolute atomic E-state index is 12.1. The molecule has 0 radical (unpaired) electrons. The van der Waals surface area contributed by atoms with Crippen molar-refractivity contribution in [2.45, 2.75) is 12.3 Å². The monoisotopic (exact) mass is 389 g/mol. The van der Waals surface area contributed by atoms with E-state index in [2.05, 4.69) is 10.5 Å². The van der Waals surface area contributed by atoms with Crippen molar-refractivity contribution in [2.24, 2.45) is 5.10 Å². The summed E-state index contributed by atoms with van der Waals surface area (Å²) >= 11 is 12.0. The summed E-state index contributed by atoms with van der Waals surface area (Å²) < 4.78 is 0. The molecule has 0 aliphatic carbocycles. The molecule has 1 N–H and O–H groups in total. The Kier molecular flexibility index (Phi) is 5.91. The van der Waals surface area contributed by atoms with E-state index < -0.39 is 0 Å². The van der Waals surface area contributed by atoms with Crippen molar-refractivity contribution >= 4 is 41.2 Å². The van der Waals surface area contributed by atoms with E-state index in [1.807, 2.05) is 30.3 Å². The normalized spacial score (nSPS) is 17.1. The summed E-state index contributed by atoms with van der Waals surface area (Å²) in [6.07, 6.45) is 1.84. The first-order chi connectivity index (χ1) is 12.5. The second kappa shape index (κ2) is 8.34. The van der Waals surface area contributed by atoms with Crippen molar-refractivity contribution in [3.05, 3.63) is 69.7 Å². The number of likely N-dealkylation sites (tertiary alicyclic amines) is 1. The summed E-state index contributed by atoms with van der Waals surface area (Å²) in [6.45, 7) is 0.503. The first-order valence-electron chi connectivity index (χ1n) is 8.13. The van der Waals surface area contributed by atoms with Gasteiger partial charge in [0.1, 0.15) is 6.54 Å². The maximum Gasteiger partial charge on any atom is 0.259 e. The Bertz CT molecular complexity index is 840. The lowest BCUT2D eigenvalue weighted by Gasteiger charge is -2.15. The number of hydrogen-bond acceptors (Lipinski definition) is 3. The van der Waals surface area contributed by atoms with Crippen LogP contribution in [0.3, 0.4) is 0 Å². The number of carbonyl (C=O) groups excluding carboxylic acids is 2. The van der Waals surface area contributed by atoms with Crippen molar-refractivity contribution in [3.8, 4) is 0 Å². The number of hydrazone groups is 1. The average Bonchev–Trinajstić information content (AvgIpc) is 3.00. The molecular formula is C19H17Cl2N3O2. The van der Waals surface area contributed by atoms with Gasteiger partial charge in [-0.05, 0) is 11.6 Å². The molecule has 0 aromatic heterocycles. The van der Waals surface area contributed by atoms with E-state index in [0.29, 0.717) is 28.6 Å². The molecule has 1 aliphatic heterocycles. The Hall–Kier alpha value is -2.37. The van der Waals surface area contributed by atoms with Crippen molar-refractivity contribution in [1.82, 2.24) is 10.3 Å². The van der Waals surface area contributed by atoms with Gasteiger partial charge in [-0.2, -0.15) is 5.10 Å². The summed E-state index contributed by atoms with van der Waals surface area (Å²) in [7, 11) is 0. The van der Waals surface area contributed by atoms with Gasteiger partial charge in [-0.25, -0.2) is 5.43 Å². The fourth-order valence-electron chi connectivity index (χ4n) is 2.88. The molecule has 1 fully saturated rings. The van der Waals surface area contributed by atoms with Crippen LogP contribution in [0.4, 0.5) is 0 Å². The molecule has 1 aliphatic rings. The summed E-state index contributed by atoms with van der Waals surface area (Å²) in [6, 6.07) is 15.0. The van der Waals surface area contributed by atoms with E-state index in [1.165, 1.54) is 6.21 Å². The zero-order chi connectivity index (χ0) is 18.5. The highest BCUT2D eigenvalue weighted by molar-refractivity contribution is 6.43. The molecule has 3 rings (SSSR count). The fourth-order valence-corrected chi connectivity index (χ4v) is 3.23. The maximum atomic E-state index is 12.1. The van der Waals surface area contributed by atoms with Gasteiger partial charge in [0, 0.05) is 24.4 Å². The number of benzene rings is 2. The van der Waals surface area contributed by atoms with Gasteiger partial charge in [-0.15, -0.1) is 0 Å². The number of hydrogen-bond donors (Lipinski definition) is 1. The third-order valence-corrected chi connectivity index (χ3v) is 5.03. The van der Waals surface area contributed by atoms with Gasteiger partial charge in [-0.1, -0.05) is 65.7 Å². The van der Waals surface area contributed by atoms with Crippen LogP contribution in [-0.2, 0) is 9.59 Å². The van der Waals surface area contributed by atoms with Crippen molar-refractivity contribution in [1.29, 1.82) is 0 Å². The SMILES string of the molecule is O=C(CN1C[C@@H](c2ccccc2)CC1=O)N/N=C\c1cccc(Cl)c1Cl. The van der Waals surface area contributed by atoms with Crippen LogP contribution in [0.2, 0.25) is 10.0 Å². The largest absolute Gasteiger partial charge is 0.333 e. The van der Waals surface area contributed by atoms with Crippen molar-refractivity contribution < 1.29 is 9.59 Å². The molecule has 1 atom stereocenters. The third-order valence-electron chi connectivity index (χ3n) is 4.19. The second-order valence-corrected chi connectivity index (χ2v) is 6.81. The Labute approximate surface area is 161 Å². The van der Waals surface area contributed by atoms with E-state index in [1.54, 1.807) is 23.1 Å². The quantitative estimate of drug-likeness (QED) is 0.628. The van der Waals surface area contributed by atoms with E-state index >= 15 is 0 Å². The van der Waals surface area contributed by atoms with Crippen LogP contribution in [0, 0.1) is 0 Å². The summed E-state index contributed by atoms with van der Waals surface area (Å²) in [5, 5.41) is 4.66. The number of nitrogens with zero attached hydrogens (tertiary/aromatic N) is 2. The van der Waals surface area contributed by atoms with E-state index in [9.17, 15) is 9.59 Å². The van der Waals surface area contributed by atoms with Crippen molar-refractivity contribution in [2.75, 3.05) is 13.1 Å². The summed E-state index contributed by atoms with van der Waals surface area (Å²) in [5.74, 6) is -0.275. The number of rotatable bonds is 5. The number of nitrogens with one attached hydrogen (secondary N) is 1. The Balaban J connectivity index is 1.54. The molecule has 26 heavy (non-hydrogen) atoms. The number of carbonyl (C=O) groups is 2. The zero-order valence-electron chi connectivity index (χ0n) is 13.9. The smallest absolute Gasteiger partial charge is 0.259 e. The third kappa shape index (κ3) is 4.42. The molecule has 2 aromatic rings. The van der Waals surface area contributed by atoms with Gasteiger partial charge in [0.25, 0.3) is 5.91 Å². The van der Waals surface area contributed by atoms with Gasteiger partial charge in [0.2, 0.25) is 5.91 Å². The van der Waals surface area contributed by atoms with Crippen LogP contribution in [0.25, 0.3) is 0 Å². The predicted octanol–water partition coefficient (Wildman–Crippen LogP) is 3.46. The molecule has 1 heterocycles. The molecule has 134 valence electrons. The predicted molar refractivity (Wildman–Crippen MR) is 103 cm³/mol. The molecule has 0 bridgehead atoms. The van der Waals surface area contributed by atoms with E-state index in [-0.39, 0.29) is 24.3 Å². The Morgan fingerprint density at radius 2 is 1.96 bits per heavy atom. The molecule has 0 saturated carbocycles. The van der Waals surface area contributed by atoms with Crippen LogP contribution in [0.5, 0.6) is 0 Å². The molecular weight excluding hydrogens is 373 g/mol. The Morgan fingerprint density at radius 1 is 1.19 bits per heavy atom. The van der Waals surface area contributed by atoms with Crippen LogP contribution in [0.15, 0.2) is 53.6 Å². The van der Waals surface area contributed by atoms with Gasteiger partial charge >= 0.3 is 0 Å². The first-order valence-corrected chi connectivity index (χ1v) is 8.89. The lowest BCUT2D eigenvalue weighted by molar-refractivity contribution is -0.133. The zero-order valence-corrected chi connectivity index (χ0v) is 15.4. The van der Waals surface area contributed by atoms with Crippen LogP contribution in [0.1, 0.15) is 23.5 Å². The molecule has 0 unspecified atom stereocenters. The molecule has 5 nitrogen and oxygen atoms in total. The second-order valence-electron chi connectivity index (χ2n) is 6.02. The molecule has 0 spiro atoms. The van der Waals surface area contributed by atoms with Gasteiger partial charge in [0.05, 0.1) is 16.3 Å². The lowest BCUT2D eigenvalue weighted by atomic mass is 9.99. The summed E-state index contributed by atoms with van der Waals surface area (Å²) in [4.78, 5) is 25.7. The van der Waals surface area contributed by atoms with Crippen LogP contribution in [-0.4, -0.2) is 36.0 Å². The fraction of sp³-hybridized carbons (Fsp3) is 0.211. The highest BCUT2D eigenvalue weighted by atomic mass is 35.5. The highest BCUT2D eigenvalue weighted by Crippen LogP contribution is 2.27. The molecule has 2 amide bonds. The van der Waals surface area contributed by atoms with Crippen LogP contribution < -0.4 is 5.43 Å². The molecule has 1 saturated heterocycles. The topological polar surface area (TPSA) is 61.8 Å². The molecule has 7 heteroatoms. The van der Waals surface area contributed by atoms with E-state index in [0.717, 1.165) is 5.56 Å². The lowest BCUT2D eigenvalue weighted by Crippen LogP contribution is -2.36. The average molecular weight is 390 g/mol. The standard InChI is InChI=1S/C19H17Cl2N3O2/c20-16-8-4-7-14(19(16)21)10-22-23-17(25)12-24-11-15(9-18(24)26)13-5-2-1-3-6-13/h1-8,10,15H,9,11-12H2,(H,23,25)/b22-10-/t15-/m0/s1. The van der Waals surface area contributed by atoms with Gasteiger partial charge < -0.3 is 4.90 Å². The molecule has 2 aromatic carbocycles. The van der Waals surface area contributed by atoms with Crippen LogP contribution >= 0.6 is 23.2 Å².